The highest BCUT2D eigenvalue weighted by molar-refractivity contribution is 6.39. The quantitative estimate of drug-likeness (QED) is 0.00875. The zero-order chi connectivity index (χ0) is 91.8. The molecule has 1 saturated carbocycles. The standard InChI is InChI=1S/C93H137N11O24/c1-59-16-12-11-13-17-60(2)77(115-9)54-70-24-19-64(6)93(114,128-70)86(110)89(111)103-30-15-14-18-73(103)90(112)125-78(55-74(105)61(3)49-63(5)84(108)85(109)83(107)62(4)48-59)71(94)51-65-21-25-76(79(52-65)116-10)127-92(113)96-29-33-118-35-37-120-39-41-122-43-45-124-47-46-123-44-42-121-40-38-119-36-34-117-32-28-80(106)102-31-27-67-50-66(20-22-69(67)57-102)56-104-88-81(87(101(7)8)97-58-98-88)82(100-104)68-23-26-75-72(53-68)99-91(95)126-75/h11-13,16-17,20,22-23,26,49-50,53,58-59,61-62,64-65,70-71,73-74,76-79,84-85,105,108-109,114H,14-15,18-19,21,24-25,27-48,51-52,54-57,94H2,1-10H3,(H2,95,99)(H,96,113)/b13-11?,16-12+,60-17?,63-49+/t59-,61-,62-,64-,65+,70+,71-,73+,74-,76-,77+,78+,79-,84-,85+,93-/m1/s1. The predicted molar refractivity (Wildman–Crippen MR) is 475 cm³/mol. The number of alkyl carbamates (subject to hydrolysis) is 1. The maximum atomic E-state index is 14.7. The number of carbonyl (C=O) groups excluding carboxylic acids is 6. The van der Waals surface area contributed by atoms with Crippen LogP contribution in [-0.2, 0) is 105 Å². The van der Waals surface area contributed by atoms with Crippen LogP contribution in [0.4, 0.5) is 16.6 Å². The number of amides is 3. The first-order valence-corrected chi connectivity index (χ1v) is 45.2. The van der Waals surface area contributed by atoms with Gasteiger partial charge in [0.15, 0.2) is 17.0 Å². The number of nitrogens with two attached hydrogens (primary N) is 2. The monoisotopic (exact) mass is 1790 g/mol. The lowest BCUT2D eigenvalue weighted by Crippen LogP contribution is -2.61. The number of oxazole rings is 1. The highest BCUT2D eigenvalue weighted by Crippen LogP contribution is 2.40. The van der Waals surface area contributed by atoms with Crippen LogP contribution in [0, 0.1) is 29.6 Å². The van der Waals surface area contributed by atoms with Crippen LogP contribution in [0.3, 0.4) is 0 Å². The largest absolute Gasteiger partial charge is 0.459 e. The summed E-state index contributed by atoms with van der Waals surface area (Å²) in [6.45, 7) is 18.0. The molecule has 3 fully saturated rings. The summed E-state index contributed by atoms with van der Waals surface area (Å²) in [6, 6.07) is 10.0. The fraction of sp³-hybridized carbons (Fsp3) is 0.656. The zero-order valence-corrected chi connectivity index (χ0v) is 76.1. The first-order chi connectivity index (χ1) is 61.6. The molecule has 1 aliphatic carbocycles. The van der Waals surface area contributed by atoms with Gasteiger partial charge in [0.1, 0.15) is 53.8 Å². The van der Waals surface area contributed by atoms with E-state index in [4.69, 9.17) is 82.6 Å². The lowest BCUT2D eigenvalue weighted by molar-refractivity contribution is -0.265. The van der Waals surface area contributed by atoms with Gasteiger partial charge >= 0.3 is 12.1 Å². The van der Waals surface area contributed by atoms with E-state index >= 15 is 0 Å². The van der Waals surface area contributed by atoms with Crippen LogP contribution in [0.1, 0.15) is 142 Å². The van der Waals surface area contributed by atoms with Gasteiger partial charge in [-0.3, -0.25) is 19.2 Å². The third-order valence-electron chi connectivity index (χ3n) is 24.6. The molecule has 2 aromatic carbocycles. The van der Waals surface area contributed by atoms with Gasteiger partial charge in [0.05, 0.1) is 148 Å². The van der Waals surface area contributed by atoms with Crippen molar-refractivity contribution in [2.75, 3.05) is 164 Å². The van der Waals surface area contributed by atoms with Crippen molar-refractivity contribution in [3.63, 3.8) is 0 Å². The SMILES string of the molecule is CO[C@H]1C[C@@H]2CC[C@@H](C)[C@@](O)(O2)C(=O)C(=O)N2CCCC[C@H]2C(=O)O[C@H]([C@H](N)C[C@@H]2CC[C@@H](OC(=O)NCCOCCOCCOCCOCCOCCOCCOCCOCCC(=O)N3CCc4cc(Cn5nc(-c6ccc7oc(N)nc7c6)c6c(N(C)C)ncnc65)ccc4C3)[C@H](OC)C2)C[C@@H](O)[C@H](C)/C=C(\C)[C@@H](O)[C@@H](O)C(=O)[C@H](C)C[C@H](C)/C=C/C=CC=C1C. The minimum absolute atomic E-state index is 0.0154. The maximum absolute atomic E-state index is 14.7. The molecule has 708 valence electrons. The topological polar surface area (TPSA) is 447 Å². The molecule has 9 N–H and O–H groups in total. The Balaban J connectivity index is 0.549. The first-order valence-electron chi connectivity index (χ1n) is 45.2. The Bertz CT molecular complexity index is 4500. The van der Waals surface area contributed by atoms with E-state index in [1.54, 1.807) is 47.2 Å². The van der Waals surface area contributed by atoms with Crippen molar-refractivity contribution in [3.8, 4) is 11.3 Å². The van der Waals surface area contributed by atoms with Crippen molar-refractivity contribution in [3.05, 3.63) is 107 Å². The number of cyclic esters (lactones) is 1. The van der Waals surface area contributed by atoms with Crippen LogP contribution in [0.5, 0.6) is 0 Å². The Morgan fingerprint density at radius 2 is 1.38 bits per heavy atom. The van der Waals surface area contributed by atoms with E-state index in [1.165, 1.54) is 12.7 Å². The number of esters is 1. The number of ether oxygens (including phenoxy) is 13. The number of nitrogens with zero attached hydrogens (tertiary/aromatic N) is 8. The van der Waals surface area contributed by atoms with Crippen LogP contribution in [0.25, 0.3) is 33.4 Å². The fourth-order valence-corrected chi connectivity index (χ4v) is 17.1. The van der Waals surface area contributed by atoms with E-state index in [2.05, 4.69) is 38.5 Å². The number of aliphatic hydroxyl groups excluding tert-OH is 3. The number of fused-ring (bicyclic) bond motifs is 6. The van der Waals surface area contributed by atoms with Crippen LogP contribution in [0.15, 0.2) is 94.7 Å². The van der Waals surface area contributed by atoms with Crippen molar-refractivity contribution < 1.29 is 115 Å². The maximum Gasteiger partial charge on any atom is 0.407 e. The number of rotatable bonds is 37. The minimum Gasteiger partial charge on any atom is -0.459 e. The molecule has 3 amide bonds. The van der Waals surface area contributed by atoms with Crippen LogP contribution < -0.4 is 21.7 Å². The molecule has 35 heteroatoms. The van der Waals surface area contributed by atoms with Crippen LogP contribution >= 0.6 is 0 Å². The van der Waals surface area contributed by atoms with Crippen molar-refractivity contribution in [1.82, 2.24) is 39.8 Å². The van der Waals surface area contributed by atoms with Gasteiger partial charge in [-0.15, -0.1) is 0 Å². The summed E-state index contributed by atoms with van der Waals surface area (Å²) in [4.78, 5) is 102. The van der Waals surface area contributed by atoms with Crippen molar-refractivity contribution in [2.45, 2.75) is 211 Å². The lowest BCUT2D eigenvalue weighted by Gasteiger charge is -2.42. The number of methoxy groups -OCH3 is 2. The van der Waals surface area contributed by atoms with Gasteiger partial charge in [-0.2, -0.15) is 10.1 Å². The van der Waals surface area contributed by atoms with Gasteiger partial charge in [0.2, 0.25) is 11.7 Å². The van der Waals surface area contributed by atoms with E-state index in [9.17, 15) is 49.2 Å². The summed E-state index contributed by atoms with van der Waals surface area (Å²) in [5.41, 5.74) is 20.9. The average Bonchev–Trinajstić information content (AvgIpc) is 1.60. The number of Topliss-reactive ketones (excluding diaryl/α,β-unsaturated/α-hetero) is 2. The Hall–Kier alpha value is -8.60. The van der Waals surface area contributed by atoms with Gasteiger partial charge < -0.3 is 118 Å². The number of nitrogen functional groups attached to an aromatic ring is 1. The zero-order valence-electron chi connectivity index (χ0n) is 76.1. The second-order valence-electron chi connectivity index (χ2n) is 34.4. The van der Waals surface area contributed by atoms with Crippen LogP contribution in [-0.4, -0.2) is 311 Å². The third kappa shape index (κ3) is 29.5. The molecular formula is C93H137N11O24. The van der Waals surface area contributed by atoms with E-state index in [0.29, 0.717) is 180 Å². The summed E-state index contributed by atoms with van der Waals surface area (Å²) in [5, 5.41) is 55.2. The smallest absolute Gasteiger partial charge is 0.407 e. The van der Waals surface area contributed by atoms with Crippen molar-refractivity contribution in [2.24, 2.45) is 35.3 Å². The van der Waals surface area contributed by atoms with Crippen molar-refractivity contribution in [1.29, 1.82) is 0 Å². The number of aromatic nitrogens is 5. The summed E-state index contributed by atoms with van der Waals surface area (Å²) in [6.07, 6.45) is 8.85. The average molecular weight is 1790 g/mol. The number of allylic oxidation sites excluding steroid dienone is 5. The number of anilines is 2. The molecule has 128 heavy (non-hydrogen) atoms. The molecule has 4 aliphatic heterocycles. The normalized spacial score (nSPS) is 26.8. The minimum atomic E-state index is -2.50. The van der Waals surface area contributed by atoms with Gasteiger partial charge in [-0.25, -0.2) is 24.2 Å². The van der Waals surface area contributed by atoms with Gasteiger partial charge in [-0.1, -0.05) is 82.4 Å². The Morgan fingerprint density at radius 1 is 0.711 bits per heavy atom. The molecular weight excluding hydrogens is 1660 g/mol. The summed E-state index contributed by atoms with van der Waals surface area (Å²) in [7, 11) is 6.96. The molecule has 0 spiro atoms. The summed E-state index contributed by atoms with van der Waals surface area (Å²) >= 11 is 0. The lowest BCUT2D eigenvalue weighted by atomic mass is 9.80. The summed E-state index contributed by atoms with van der Waals surface area (Å²) < 4.78 is 82.6. The number of ketones is 2. The number of benzene rings is 2. The molecule has 35 nitrogen and oxygen atoms in total. The summed E-state index contributed by atoms with van der Waals surface area (Å²) in [5.74, 6) is -7.69. The second-order valence-corrected chi connectivity index (χ2v) is 34.4. The van der Waals surface area contributed by atoms with Crippen molar-refractivity contribution >= 4 is 69.4 Å². The Kier molecular flexibility index (Phi) is 40.7. The highest BCUT2D eigenvalue weighted by Gasteiger charge is 2.53. The Morgan fingerprint density at radius 3 is 2.05 bits per heavy atom. The van der Waals surface area contributed by atoms with Crippen LogP contribution in [0.2, 0.25) is 0 Å². The van der Waals surface area contributed by atoms with Gasteiger partial charge in [0, 0.05) is 96.7 Å². The number of piperidine rings is 1. The molecule has 10 rings (SSSR count). The second kappa shape index (κ2) is 51.3. The fourth-order valence-electron chi connectivity index (χ4n) is 17.1. The number of nitrogens with one attached hydrogen (secondary N) is 1. The molecule has 0 unspecified atom stereocenters. The third-order valence-corrected chi connectivity index (χ3v) is 24.6. The predicted octanol–water partition coefficient (Wildman–Crippen LogP) is 7.50. The van der Waals surface area contributed by atoms with Gasteiger partial charge in [0.25, 0.3) is 17.7 Å². The molecule has 16 atom stereocenters. The molecule has 0 radical (unpaired) electrons. The number of hydrogen-bond donors (Lipinski definition) is 7. The van der Waals surface area contributed by atoms with E-state index in [1.807, 2.05) is 91.0 Å². The highest BCUT2D eigenvalue weighted by atomic mass is 16.6. The molecule has 5 aliphatic rings. The molecule has 5 aromatic rings. The van der Waals surface area contributed by atoms with E-state index in [0.717, 1.165) is 50.5 Å². The number of hydrogen-bond acceptors (Lipinski definition) is 31. The molecule has 2 saturated heterocycles. The number of aliphatic hydroxyl groups is 4. The molecule has 7 heterocycles. The number of carbonyl (C=O) groups is 6. The van der Waals surface area contributed by atoms with E-state index < -0.39 is 114 Å². The molecule has 3 aromatic heterocycles. The molecule has 2 bridgehead atoms. The van der Waals surface area contributed by atoms with E-state index in [-0.39, 0.29) is 87.7 Å². The Labute approximate surface area is 750 Å². The first kappa shape index (κ1) is 102. The van der Waals surface area contributed by atoms with Gasteiger partial charge in [-0.05, 0) is 142 Å².